The van der Waals surface area contributed by atoms with E-state index in [1.165, 1.54) is 30.0 Å². The molecule has 0 aromatic heterocycles. The number of amides is 1. The maximum Gasteiger partial charge on any atom is 0.410 e. The second-order valence-corrected chi connectivity index (χ2v) is 10.1. The highest BCUT2D eigenvalue weighted by molar-refractivity contribution is 5.92. The van der Waals surface area contributed by atoms with E-state index in [0.29, 0.717) is 24.4 Å². The van der Waals surface area contributed by atoms with E-state index in [1.807, 2.05) is 32.9 Å². The number of benzene rings is 2. The van der Waals surface area contributed by atoms with Crippen molar-refractivity contribution in [2.75, 3.05) is 20.2 Å². The van der Waals surface area contributed by atoms with Gasteiger partial charge < -0.3 is 14.8 Å². The van der Waals surface area contributed by atoms with E-state index in [4.69, 9.17) is 9.47 Å². The third kappa shape index (κ3) is 6.88. The summed E-state index contributed by atoms with van der Waals surface area (Å²) in [5, 5.41) is 3.34. The molecule has 0 spiro atoms. The number of rotatable bonds is 7. The molecule has 7 nitrogen and oxygen atoms in total. The first-order valence-corrected chi connectivity index (χ1v) is 12.4. The normalized spacial score (nSPS) is 16.1. The molecule has 3 rings (SSSR count). The van der Waals surface area contributed by atoms with Crippen molar-refractivity contribution in [3.05, 3.63) is 82.7 Å². The van der Waals surface area contributed by atoms with E-state index in [2.05, 4.69) is 54.3 Å². The van der Waals surface area contributed by atoms with Crippen LogP contribution in [0.5, 0.6) is 0 Å². The number of hydrogen-bond donors (Lipinski definition) is 1. The Morgan fingerprint density at radius 1 is 1.22 bits per heavy atom. The zero-order valence-electron chi connectivity index (χ0n) is 22.6. The maximum absolute atomic E-state index is 13.2. The molecule has 0 saturated carbocycles. The lowest BCUT2D eigenvalue weighted by Crippen LogP contribution is -2.46. The number of nitrogens with zero attached hydrogens (tertiary/aromatic N) is 2. The lowest BCUT2D eigenvalue weighted by atomic mass is 9.88. The first kappa shape index (κ1) is 27.7. The fourth-order valence-electron chi connectivity index (χ4n) is 4.46. The molecule has 1 atom stereocenters. The van der Waals surface area contributed by atoms with Crippen LogP contribution < -0.4 is 5.32 Å². The lowest BCUT2D eigenvalue weighted by molar-refractivity contribution is -0.135. The van der Waals surface area contributed by atoms with Gasteiger partial charge in [-0.2, -0.15) is 0 Å². The number of ether oxygens (including phenoxy) is 2. The highest BCUT2D eigenvalue weighted by atomic mass is 16.6. The topological polar surface area (TPSA) is 80.2 Å². The standard InChI is InChI=1S/C30H37N3O4/c1-20-10-8-9-11-24(20)22-12-13-26-23(18-22)15-17-33(29(35)37-30(3,4)5)27(26)19-32-21(2)25(14-16-31-6)28(34)36-7/h8-14,16,18,27,32H,6,15,17,19H2,1-5,7H3/b16-14-,25-21-/t27-/m0/s1. The van der Waals surface area contributed by atoms with Gasteiger partial charge in [-0.15, -0.1) is 0 Å². The number of carbonyl (C=O) groups excluding carboxylic acids is 2. The number of esters is 1. The second-order valence-electron chi connectivity index (χ2n) is 10.1. The van der Waals surface area contributed by atoms with Gasteiger partial charge in [-0.05, 0) is 81.7 Å². The molecule has 0 aliphatic carbocycles. The predicted molar refractivity (Wildman–Crippen MR) is 147 cm³/mol. The lowest BCUT2D eigenvalue weighted by Gasteiger charge is -2.38. The molecule has 0 saturated heterocycles. The van der Waals surface area contributed by atoms with E-state index in [0.717, 1.165) is 17.5 Å². The van der Waals surface area contributed by atoms with Crippen molar-refractivity contribution in [1.82, 2.24) is 10.2 Å². The summed E-state index contributed by atoms with van der Waals surface area (Å²) in [6, 6.07) is 14.4. The molecule has 37 heavy (non-hydrogen) atoms. The molecule has 1 heterocycles. The van der Waals surface area contributed by atoms with Gasteiger partial charge in [0.15, 0.2) is 0 Å². The van der Waals surface area contributed by atoms with Crippen molar-refractivity contribution < 1.29 is 19.1 Å². The monoisotopic (exact) mass is 503 g/mol. The predicted octanol–water partition coefficient (Wildman–Crippen LogP) is 5.75. The molecular formula is C30H37N3O4. The van der Waals surface area contributed by atoms with Gasteiger partial charge in [0, 0.05) is 25.0 Å². The van der Waals surface area contributed by atoms with Crippen molar-refractivity contribution in [2.24, 2.45) is 4.99 Å². The van der Waals surface area contributed by atoms with Gasteiger partial charge in [0.2, 0.25) is 0 Å². The molecule has 2 aromatic rings. The van der Waals surface area contributed by atoms with Gasteiger partial charge in [0.1, 0.15) is 5.60 Å². The van der Waals surface area contributed by atoms with Crippen molar-refractivity contribution in [1.29, 1.82) is 0 Å². The van der Waals surface area contributed by atoms with Crippen molar-refractivity contribution in [3.8, 4) is 11.1 Å². The summed E-state index contributed by atoms with van der Waals surface area (Å²) in [5.74, 6) is -0.485. The van der Waals surface area contributed by atoms with Crippen LogP contribution in [0.15, 0.2) is 71.0 Å². The van der Waals surface area contributed by atoms with Crippen LogP contribution in [0.3, 0.4) is 0 Å². The van der Waals surface area contributed by atoms with Crippen molar-refractivity contribution in [3.63, 3.8) is 0 Å². The molecule has 1 aliphatic rings. The van der Waals surface area contributed by atoms with Gasteiger partial charge in [-0.1, -0.05) is 42.5 Å². The summed E-state index contributed by atoms with van der Waals surface area (Å²) in [7, 11) is 1.33. The number of aliphatic imine (C=N–C) groups is 1. The van der Waals surface area contributed by atoms with Gasteiger partial charge in [-0.25, -0.2) is 9.59 Å². The summed E-state index contributed by atoms with van der Waals surface area (Å²) in [4.78, 5) is 31.0. The van der Waals surface area contributed by atoms with Crippen LogP contribution in [-0.4, -0.2) is 49.5 Å². The highest BCUT2D eigenvalue weighted by Gasteiger charge is 2.34. The Bertz CT molecular complexity index is 1220. The smallest absolute Gasteiger partial charge is 0.410 e. The Kier molecular flexibility index (Phi) is 8.92. The second kappa shape index (κ2) is 11.9. The molecule has 1 amide bonds. The maximum atomic E-state index is 13.2. The van der Waals surface area contributed by atoms with Crippen LogP contribution in [0.1, 0.15) is 50.4 Å². The molecular weight excluding hydrogens is 466 g/mol. The number of nitrogens with one attached hydrogen (secondary N) is 1. The minimum absolute atomic E-state index is 0.292. The van der Waals surface area contributed by atoms with Crippen molar-refractivity contribution >= 4 is 18.8 Å². The number of fused-ring (bicyclic) bond motifs is 1. The van der Waals surface area contributed by atoms with Crippen LogP contribution in [0.4, 0.5) is 4.79 Å². The molecule has 0 fully saturated rings. The minimum atomic E-state index is -0.611. The van der Waals surface area contributed by atoms with E-state index in [9.17, 15) is 9.59 Å². The third-order valence-corrected chi connectivity index (χ3v) is 6.30. The summed E-state index contributed by atoms with van der Waals surface area (Å²) in [5.41, 5.74) is 6.14. The Balaban J connectivity index is 1.99. The summed E-state index contributed by atoms with van der Waals surface area (Å²) in [6.45, 7) is 13.8. The minimum Gasteiger partial charge on any atom is -0.465 e. The number of hydrogen-bond acceptors (Lipinski definition) is 6. The Morgan fingerprint density at radius 3 is 2.59 bits per heavy atom. The molecule has 1 aliphatic heterocycles. The van der Waals surface area contributed by atoms with E-state index in [1.54, 1.807) is 17.9 Å². The third-order valence-electron chi connectivity index (χ3n) is 6.30. The number of aryl methyl sites for hydroxylation is 1. The SMILES string of the molecule is C=N/C=C\C(C(=O)OC)=C(/C)NC[C@H]1c2ccc(-c3ccccc3C)cc2CCN1C(=O)OC(C)(C)C. The number of allylic oxidation sites excluding steroid dienone is 1. The summed E-state index contributed by atoms with van der Waals surface area (Å²) < 4.78 is 10.7. The number of methoxy groups -OCH3 is 1. The molecule has 1 N–H and O–H groups in total. The van der Waals surface area contributed by atoms with Crippen LogP contribution in [0.25, 0.3) is 11.1 Å². The van der Waals surface area contributed by atoms with Gasteiger partial charge in [0.05, 0.1) is 18.7 Å². The van der Waals surface area contributed by atoms with E-state index >= 15 is 0 Å². The average Bonchev–Trinajstić information content (AvgIpc) is 2.86. The fraction of sp³-hybridized carbons (Fsp3) is 0.367. The fourth-order valence-corrected chi connectivity index (χ4v) is 4.46. The molecule has 0 unspecified atom stereocenters. The first-order chi connectivity index (χ1) is 17.6. The van der Waals surface area contributed by atoms with Gasteiger partial charge in [0.25, 0.3) is 0 Å². The van der Waals surface area contributed by atoms with Crippen molar-refractivity contribution in [2.45, 2.75) is 52.7 Å². The van der Waals surface area contributed by atoms with Crippen LogP contribution in [0, 0.1) is 6.92 Å². The Hall–Kier alpha value is -3.87. The zero-order valence-corrected chi connectivity index (χ0v) is 22.6. The Labute approximate surface area is 219 Å². The molecule has 0 radical (unpaired) electrons. The van der Waals surface area contributed by atoms with E-state index < -0.39 is 11.6 Å². The molecule has 0 bridgehead atoms. The summed E-state index contributed by atoms with van der Waals surface area (Å²) >= 11 is 0. The highest BCUT2D eigenvalue weighted by Crippen LogP contribution is 2.34. The van der Waals surface area contributed by atoms with Crippen LogP contribution in [0.2, 0.25) is 0 Å². The largest absolute Gasteiger partial charge is 0.465 e. The quantitative estimate of drug-likeness (QED) is 0.225. The van der Waals surface area contributed by atoms with Crippen LogP contribution >= 0.6 is 0 Å². The molecule has 2 aromatic carbocycles. The average molecular weight is 504 g/mol. The molecule has 7 heteroatoms. The van der Waals surface area contributed by atoms with E-state index in [-0.39, 0.29) is 12.1 Å². The van der Waals surface area contributed by atoms with Crippen LogP contribution in [-0.2, 0) is 20.7 Å². The zero-order chi connectivity index (χ0) is 27.2. The number of carbonyl (C=O) groups is 2. The molecule has 196 valence electrons. The first-order valence-electron chi connectivity index (χ1n) is 12.4. The van der Waals surface area contributed by atoms with Gasteiger partial charge >= 0.3 is 12.1 Å². The summed E-state index contributed by atoms with van der Waals surface area (Å²) in [6.07, 6.45) is 3.35. The Morgan fingerprint density at radius 2 is 1.95 bits per heavy atom. The van der Waals surface area contributed by atoms with Gasteiger partial charge in [-0.3, -0.25) is 9.89 Å².